The summed E-state index contributed by atoms with van der Waals surface area (Å²) in [6.07, 6.45) is 0.960. The highest BCUT2D eigenvalue weighted by Crippen LogP contribution is 2.29. The number of hydrogen-bond donors (Lipinski definition) is 1. The molecule has 0 aliphatic heterocycles. The summed E-state index contributed by atoms with van der Waals surface area (Å²) < 4.78 is 6.25. The van der Waals surface area contributed by atoms with Gasteiger partial charge in [0.1, 0.15) is 12.4 Å². The second-order valence-corrected chi connectivity index (χ2v) is 8.03. The van der Waals surface area contributed by atoms with E-state index in [-0.39, 0.29) is 0 Å². The van der Waals surface area contributed by atoms with Crippen LogP contribution in [0.4, 0.5) is 0 Å². The van der Waals surface area contributed by atoms with Gasteiger partial charge in [-0.1, -0.05) is 83.9 Å². The Labute approximate surface area is 183 Å². The van der Waals surface area contributed by atoms with Gasteiger partial charge in [0.25, 0.3) is 0 Å². The van der Waals surface area contributed by atoms with Crippen LogP contribution in [0.3, 0.4) is 0 Å². The SMILES string of the molecule is Cc1ccc(COc2ccc3ccccc3c2CNCCc2ccc(Cl)cc2)cc1. The maximum Gasteiger partial charge on any atom is 0.124 e. The van der Waals surface area contributed by atoms with Crippen LogP contribution < -0.4 is 10.1 Å². The monoisotopic (exact) mass is 415 g/mol. The van der Waals surface area contributed by atoms with Crippen LogP contribution in [0, 0.1) is 6.92 Å². The van der Waals surface area contributed by atoms with Crippen molar-refractivity contribution < 1.29 is 4.74 Å². The third-order valence-corrected chi connectivity index (χ3v) is 5.57. The van der Waals surface area contributed by atoms with E-state index < -0.39 is 0 Å². The summed E-state index contributed by atoms with van der Waals surface area (Å²) in [4.78, 5) is 0. The van der Waals surface area contributed by atoms with Crippen molar-refractivity contribution in [3.63, 3.8) is 0 Å². The molecule has 0 saturated carbocycles. The van der Waals surface area contributed by atoms with E-state index in [0.717, 1.165) is 30.3 Å². The molecule has 0 heterocycles. The van der Waals surface area contributed by atoms with E-state index in [1.807, 2.05) is 12.1 Å². The number of halogens is 1. The first-order valence-corrected chi connectivity index (χ1v) is 10.7. The molecule has 0 bridgehead atoms. The Hall–Kier alpha value is -2.81. The molecule has 152 valence electrons. The van der Waals surface area contributed by atoms with Crippen LogP contribution in [0.25, 0.3) is 10.8 Å². The summed E-state index contributed by atoms with van der Waals surface area (Å²) in [5.41, 5.74) is 4.92. The normalized spacial score (nSPS) is 11.0. The molecule has 30 heavy (non-hydrogen) atoms. The van der Waals surface area contributed by atoms with Gasteiger partial charge in [0, 0.05) is 17.1 Å². The van der Waals surface area contributed by atoms with Crippen LogP contribution in [0.15, 0.2) is 84.9 Å². The summed E-state index contributed by atoms with van der Waals surface area (Å²) >= 11 is 5.98. The van der Waals surface area contributed by atoms with Crippen LogP contribution in [0.1, 0.15) is 22.3 Å². The molecule has 0 saturated heterocycles. The molecule has 0 spiro atoms. The van der Waals surface area contributed by atoms with E-state index in [1.165, 1.54) is 33.0 Å². The lowest BCUT2D eigenvalue weighted by Gasteiger charge is -2.15. The number of nitrogens with one attached hydrogen (secondary N) is 1. The first-order valence-electron chi connectivity index (χ1n) is 10.3. The second kappa shape index (κ2) is 9.80. The zero-order valence-corrected chi connectivity index (χ0v) is 18.0. The van der Waals surface area contributed by atoms with E-state index in [4.69, 9.17) is 16.3 Å². The van der Waals surface area contributed by atoms with Crippen LogP contribution >= 0.6 is 11.6 Å². The molecule has 0 atom stereocenters. The number of aryl methyl sites for hydroxylation is 1. The Kier molecular flexibility index (Phi) is 6.68. The van der Waals surface area contributed by atoms with Crippen molar-refractivity contribution in [1.82, 2.24) is 5.32 Å². The number of ether oxygens (including phenoxy) is 1. The lowest BCUT2D eigenvalue weighted by Crippen LogP contribution is -2.17. The van der Waals surface area contributed by atoms with Crippen molar-refractivity contribution in [1.29, 1.82) is 0 Å². The highest BCUT2D eigenvalue weighted by atomic mass is 35.5. The van der Waals surface area contributed by atoms with Crippen LogP contribution in [-0.2, 0) is 19.6 Å². The standard InChI is InChI=1S/C27H26ClNO/c1-20-6-8-22(9-7-20)19-30-27-15-12-23-4-2-3-5-25(23)26(27)18-29-17-16-21-10-13-24(28)14-11-21/h2-15,29H,16-19H2,1H3. The van der Waals surface area contributed by atoms with E-state index in [1.54, 1.807) is 0 Å². The van der Waals surface area contributed by atoms with E-state index in [0.29, 0.717) is 6.61 Å². The summed E-state index contributed by atoms with van der Waals surface area (Å²) in [5.74, 6) is 0.938. The number of benzene rings is 4. The average Bonchev–Trinajstić information content (AvgIpc) is 2.78. The molecule has 1 N–H and O–H groups in total. The van der Waals surface area contributed by atoms with Crippen molar-refractivity contribution in [2.24, 2.45) is 0 Å². The summed E-state index contributed by atoms with van der Waals surface area (Å²) in [7, 11) is 0. The Bertz CT molecular complexity index is 1100. The Balaban J connectivity index is 1.47. The molecular formula is C27H26ClNO. The van der Waals surface area contributed by atoms with Gasteiger partial charge >= 0.3 is 0 Å². The van der Waals surface area contributed by atoms with Gasteiger partial charge in [-0.15, -0.1) is 0 Å². The highest BCUT2D eigenvalue weighted by molar-refractivity contribution is 6.30. The molecule has 0 amide bonds. The van der Waals surface area contributed by atoms with E-state index in [9.17, 15) is 0 Å². The number of fused-ring (bicyclic) bond motifs is 1. The Morgan fingerprint density at radius 2 is 1.53 bits per heavy atom. The molecule has 4 aromatic carbocycles. The Morgan fingerprint density at radius 3 is 2.33 bits per heavy atom. The fraction of sp³-hybridized carbons (Fsp3) is 0.185. The molecule has 4 aromatic rings. The fourth-order valence-electron chi connectivity index (χ4n) is 3.58. The van der Waals surface area contributed by atoms with Gasteiger partial charge in [-0.05, 0) is 60.0 Å². The first kappa shape index (κ1) is 20.5. The molecule has 2 nitrogen and oxygen atoms in total. The average molecular weight is 416 g/mol. The lowest BCUT2D eigenvalue weighted by atomic mass is 10.0. The largest absolute Gasteiger partial charge is 0.489 e. The van der Waals surface area contributed by atoms with Gasteiger partial charge in [-0.3, -0.25) is 0 Å². The van der Waals surface area contributed by atoms with Crippen molar-refractivity contribution >= 4 is 22.4 Å². The first-order chi connectivity index (χ1) is 14.7. The van der Waals surface area contributed by atoms with Gasteiger partial charge in [0.2, 0.25) is 0 Å². The molecule has 4 rings (SSSR count). The van der Waals surface area contributed by atoms with Gasteiger partial charge in [-0.2, -0.15) is 0 Å². The lowest BCUT2D eigenvalue weighted by molar-refractivity contribution is 0.303. The highest BCUT2D eigenvalue weighted by Gasteiger charge is 2.09. The van der Waals surface area contributed by atoms with Crippen molar-refractivity contribution in [3.05, 3.63) is 112 Å². The summed E-state index contributed by atoms with van der Waals surface area (Å²) in [6, 6.07) is 29.3. The maximum atomic E-state index is 6.25. The second-order valence-electron chi connectivity index (χ2n) is 7.59. The minimum absolute atomic E-state index is 0.566. The fourth-order valence-corrected chi connectivity index (χ4v) is 3.70. The maximum absolute atomic E-state index is 6.25. The zero-order valence-electron chi connectivity index (χ0n) is 17.2. The van der Waals surface area contributed by atoms with E-state index in [2.05, 4.69) is 85.0 Å². The molecular weight excluding hydrogens is 390 g/mol. The Morgan fingerprint density at radius 1 is 0.800 bits per heavy atom. The van der Waals surface area contributed by atoms with Crippen molar-refractivity contribution in [2.75, 3.05) is 6.54 Å². The van der Waals surface area contributed by atoms with Gasteiger partial charge in [0.15, 0.2) is 0 Å². The van der Waals surface area contributed by atoms with Gasteiger partial charge in [0.05, 0.1) is 0 Å². The zero-order chi connectivity index (χ0) is 20.8. The minimum Gasteiger partial charge on any atom is -0.489 e. The number of hydrogen-bond acceptors (Lipinski definition) is 2. The molecule has 0 radical (unpaired) electrons. The van der Waals surface area contributed by atoms with Gasteiger partial charge in [-0.25, -0.2) is 0 Å². The number of rotatable bonds is 8. The topological polar surface area (TPSA) is 21.3 Å². The minimum atomic E-state index is 0.566. The van der Waals surface area contributed by atoms with Crippen molar-refractivity contribution in [3.8, 4) is 5.75 Å². The third-order valence-electron chi connectivity index (χ3n) is 5.32. The molecule has 0 fully saturated rings. The smallest absolute Gasteiger partial charge is 0.124 e. The van der Waals surface area contributed by atoms with Crippen LogP contribution in [0.5, 0.6) is 5.75 Å². The molecule has 0 aliphatic rings. The summed E-state index contributed by atoms with van der Waals surface area (Å²) in [6.45, 7) is 4.32. The predicted molar refractivity (Wildman–Crippen MR) is 126 cm³/mol. The molecule has 0 aliphatic carbocycles. The van der Waals surface area contributed by atoms with Gasteiger partial charge < -0.3 is 10.1 Å². The van der Waals surface area contributed by atoms with Crippen molar-refractivity contribution in [2.45, 2.75) is 26.5 Å². The van der Waals surface area contributed by atoms with Crippen LogP contribution in [-0.4, -0.2) is 6.54 Å². The summed E-state index contributed by atoms with van der Waals surface area (Å²) in [5, 5.41) is 6.83. The van der Waals surface area contributed by atoms with E-state index >= 15 is 0 Å². The quantitative estimate of drug-likeness (QED) is 0.323. The van der Waals surface area contributed by atoms with Crippen LogP contribution in [0.2, 0.25) is 5.02 Å². The molecule has 3 heteroatoms. The molecule has 0 aromatic heterocycles. The third kappa shape index (κ3) is 5.21. The molecule has 0 unspecified atom stereocenters. The predicted octanol–water partition coefficient (Wildman–Crippen LogP) is 6.71.